The monoisotopic (exact) mass is 344 g/mol. The average molecular weight is 345 g/mol. The highest BCUT2D eigenvalue weighted by atomic mass is 35.5. The van der Waals surface area contributed by atoms with E-state index >= 15 is 0 Å². The van der Waals surface area contributed by atoms with Crippen molar-refractivity contribution < 1.29 is 13.9 Å². The summed E-state index contributed by atoms with van der Waals surface area (Å²) in [6, 6.07) is 5.51. The van der Waals surface area contributed by atoms with Crippen LogP contribution >= 0.6 is 35.0 Å². The van der Waals surface area contributed by atoms with Crippen LogP contribution in [0.15, 0.2) is 27.8 Å². The van der Waals surface area contributed by atoms with Gasteiger partial charge in [-0.3, -0.25) is 0 Å². The summed E-state index contributed by atoms with van der Waals surface area (Å²) in [6.45, 7) is 0.240. The third-order valence-electron chi connectivity index (χ3n) is 3.39. The number of hydrogen-bond donors (Lipinski definition) is 0. The Morgan fingerprint density at radius 2 is 2.05 bits per heavy atom. The molecule has 0 radical (unpaired) electrons. The van der Waals surface area contributed by atoms with Crippen molar-refractivity contribution in [3.63, 3.8) is 0 Å². The number of nitrogens with zero attached hydrogens (tertiary/aromatic N) is 2. The van der Waals surface area contributed by atoms with Gasteiger partial charge in [-0.15, -0.1) is 33.4 Å². The van der Waals surface area contributed by atoms with Crippen LogP contribution in [0.1, 0.15) is 6.42 Å². The summed E-state index contributed by atoms with van der Waals surface area (Å²) in [4.78, 5) is 0. The van der Waals surface area contributed by atoms with Crippen molar-refractivity contribution in [3.05, 3.63) is 18.2 Å². The molecule has 0 spiro atoms. The zero-order chi connectivity index (χ0) is 14.4. The van der Waals surface area contributed by atoms with Crippen LogP contribution in [0, 0.1) is 5.92 Å². The van der Waals surface area contributed by atoms with E-state index in [4.69, 9.17) is 37.1 Å². The number of ether oxygens (including phenoxy) is 2. The molecule has 2 aromatic rings. The average Bonchev–Trinajstić information content (AvgIpc) is 2.93. The minimum absolute atomic E-state index is 0.240. The van der Waals surface area contributed by atoms with Crippen molar-refractivity contribution >= 4 is 35.0 Å². The summed E-state index contributed by atoms with van der Waals surface area (Å²) in [5, 5.41) is 8.58. The molecule has 5 nitrogen and oxygen atoms in total. The molecule has 0 saturated heterocycles. The van der Waals surface area contributed by atoms with Crippen LogP contribution < -0.4 is 9.47 Å². The quantitative estimate of drug-likeness (QED) is 0.621. The normalized spacial score (nSPS) is 21.5. The number of rotatable bonds is 4. The topological polar surface area (TPSA) is 57.4 Å². The molecule has 4 rings (SSSR count). The van der Waals surface area contributed by atoms with E-state index in [-0.39, 0.29) is 12.7 Å². The van der Waals surface area contributed by atoms with E-state index in [2.05, 4.69) is 10.2 Å². The lowest BCUT2D eigenvalue weighted by Gasteiger charge is -1.98. The lowest BCUT2D eigenvalue weighted by molar-refractivity contribution is 0.174. The van der Waals surface area contributed by atoms with Crippen LogP contribution in [-0.4, -0.2) is 27.1 Å². The first-order valence-corrected chi connectivity index (χ1v) is 8.10. The fourth-order valence-corrected chi connectivity index (χ4v) is 3.73. The van der Waals surface area contributed by atoms with Crippen molar-refractivity contribution in [3.8, 4) is 23.0 Å². The summed E-state index contributed by atoms with van der Waals surface area (Å²) < 4.78 is 15.7. The number of benzene rings is 1. The van der Waals surface area contributed by atoms with Crippen LogP contribution in [-0.2, 0) is 0 Å². The maximum atomic E-state index is 5.99. The highest BCUT2D eigenvalue weighted by Gasteiger charge is 2.51. The van der Waals surface area contributed by atoms with Gasteiger partial charge in [-0.2, -0.15) is 0 Å². The first-order chi connectivity index (χ1) is 10.1. The number of alkyl halides is 2. The smallest absolute Gasteiger partial charge is 0.276 e. The van der Waals surface area contributed by atoms with Gasteiger partial charge in [-0.1, -0.05) is 11.8 Å². The Kier molecular flexibility index (Phi) is 3.20. The molecule has 8 heteroatoms. The van der Waals surface area contributed by atoms with E-state index in [9.17, 15) is 0 Å². The van der Waals surface area contributed by atoms with Crippen LogP contribution in [0.2, 0.25) is 0 Å². The molecule has 1 aromatic carbocycles. The highest BCUT2D eigenvalue weighted by molar-refractivity contribution is 7.99. The fraction of sp³-hybridized carbons (Fsp3) is 0.385. The Morgan fingerprint density at radius 3 is 2.86 bits per heavy atom. The first-order valence-electron chi connectivity index (χ1n) is 6.36. The van der Waals surface area contributed by atoms with E-state index in [1.165, 1.54) is 11.8 Å². The molecule has 21 heavy (non-hydrogen) atoms. The second kappa shape index (κ2) is 4.97. The maximum Gasteiger partial charge on any atom is 0.276 e. The van der Waals surface area contributed by atoms with E-state index in [1.54, 1.807) is 0 Å². The molecular weight excluding hydrogens is 335 g/mol. The van der Waals surface area contributed by atoms with Gasteiger partial charge >= 0.3 is 0 Å². The summed E-state index contributed by atoms with van der Waals surface area (Å²) in [5.41, 5.74) is 0.800. The zero-order valence-corrected chi connectivity index (χ0v) is 13.0. The van der Waals surface area contributed by atoms with Gasteiger partial charge in [-0.25, -0.2) is 0 Å². The second-order valence-corrected chi connectivity index (χ2v) is 7.43. The number of hydrogen-bond acceptors (Lipinski definition) is 6. The van der Waals surface area contributed by atoms with Gasteiger partial charge in [-0.05, 0) is 24.6 Å². The van der Waals surface area contributed by atoms with Gasteiger partial charge in [0.1, 0.15) is 4.33 Å². The number of thioether (sulfide) groups is 1. The molecule has 110 valence electrons. The zero-order valence-electron chi connectivity index (χ0n) is 10.7. The number of halogens is 2. The predicted octanol–water partition coefficient (Wildman–Crippen LogP) is 3.75. The van der Waals surface area contributed by atoms with Crippen LogP contribution in [0.3, 0.4) is 0 Å². The molecule has 1 unspecified atom stereocenters. The van der Waals surface area contributed by atoms with E-state index in [0.717, 1.165) is 23.5 Å². The maximum absolute atomic E-state index is 5.99. The SMILES string of the molecule is ClC1(Cl)CC1CSc1nnc(-c2ccc3c(c2)OCO3)o1. The second-order valence-electron chi connectivity index (χ2n) is 4.91. The Hall–Kier alpha value is -1.11. The van der Waals surface area contributed by atoms with Gasteiger partial charge in [0.05, 0.1) is 0 Å². The molecule has 0 N–H and O–H groups in total. The summed E-state index contributed by atoms with van der Waals surface area (Å²) in [5.74, 6) is 2.92. The lowest BCUT2D eigenvalue weighted by Crippen LogP contribution is -1.92. The molecule has 1 aliphatic heterocycles. The fourth-order valence-electron chi connectivity index (χ4n) is 2.04. The van der Waals surface area contributed by atoms with Crippen LogP contribution in [0.5, 0.6) is 11.5 Å². The standard InChI is InChI=1S/C13H10Cl2N2O3S/c14-13(15)4-8(13)5-21-12-17-16-11(20-12)7-1-2-9-10(3-7)19-6-18-9/h1-3,8H,4-6H2. The van der Waals surface area contributed by atoms with Crippen molar-refractivity contribution in [1.29, 1.82) is 0 Å². The van der Waals surface area contributed by atoms with Crippen molar-refractivity contribution in [2.75, 3.05) is 12.5 Å². The molecule has 1 atom stereocenters. The lowest BCUT2D eigenvalue weighted by atomic mass is 10.2. The van der Waals surface area contributed by atoms with Gasteiger partial charge in [0, 0.05) is 17.2 Å². The summed E-state index contributed by atoms with van der Waals surface area (Å²) >= 11 is 13.4. The van der Waals surface area contributed by atoms with Gasteiger partial charge in [0.2, 0.25) is 12.7 Å². The molecule has 1 aromatic heterocycles. The van der Waals surface area contributed by atoms with Gasteiger partial charge in [0.25, 0.3) is 5.22 Å². The Morgan fingerprint density at radius 1 is 1.24 bits per heavy atom. The molecular formula is C13H10Cl2N2O3S. The molecule has 0 amide bonds. The van der Waals surface area contributed by atoms with Crippen molar-refractivity contribution in [2.45, 2.75) is 16.0 Å². The first kappa shape index (κ1) is 13.5. The van der Waals surface area contributed by atoms with Crippen LogP contribution in [0.4, 0.5) is 0 Å². The third kappa shape index (κ3) is 2.67. The Balaban J connectivity index is 1.47. The number of fused-ring (bicyclic) bond motifs is 1. The molecule has 0 bridgehead atoms. The van der Waals surface area contributed by atoms with Crippen molar-refractivity contribution in [1.82, 2.24) is 10.2 Å². The van der Waals surface area contributed by atoms with E-state index in [0.29, 0.717) is 16.9 Å². The Bertz CT molecular complexity index is 692. The molecule has 1 fully saturated rings. The largest absolute Gasteiger partial charge is 0.454 e. The van der Waals surface area contributed by atoms with Gasteiger partial charge < -0.3 is 13.9 Å². The van der Waals surface area contributed by atoms with Gasteiger partial charge in [0.15, 0.2) is 11.5 Å². The number of aromatic nitrogens is 2. The van der Waals surface area contributed by atoms with Crippen molar-refractivity contribution in [2.24, 2.45) is 5.92 Å². The minimum Gasteiger partial charge on any atom is -0.454 e. The van der Waals surface area contributed by atoms with Crippen LogP contribution in [0.25, 0.3) is 11.5 Å². The molecule has 1 saturated carbocycles. The minimum atomic E-state index is -0.576. The Labute approximate surface area is 134 Å². The summed E-state index contributed by atoms with van der Waals surface area (Å²) in [7, 11) is 0. The predicted molar refractivity (Wildman–Crippen MR) is 79.1 cm³/mol. The molecule has 2 aliphatic rings. The molecule has 2 heterocycles. The van der Waals surface area contributed by atoms with E-state index < -0.39 is 4.33 Å². The summed E-state index contributed by atoms with van der Waals surface area (Å²) in [6.07, 6.45) is 0.812. The molecule has 1 aliphatic carbocycles. The third-order valence-corrected chi connectivity index (χ3v) is 5.30. The van der Waals surface area contributed by atoms with E-state index in [1.807, 2.05) is 18.2 Å². The highest BCUT2D eigenvalue weighted by Crippen LogP contribution is 2.54.